The topological polar surface area (TPSA) is 132 Å². The van der Waals surface area contributed by atoms with E-state index in [0.29, 0.717) is 17.7 Å². The van der Waals surface area contributed by atoms with Gasteiger partial charge in [0, 0.05) is 0 Å². The molecule has 0 atom stereocenters. The molecule has 2 rings (SSSR count). The molecule has 3 N–H and O–H groups in total. The molecule has 2 aromatic carbocycles. The Morgan fingerprint density at radius 3 is 2.52 bits per heavy atom. The highest BCUT2D eigenvalue weighted by Crippen LogP contribution is 2.22. The average Bonchev–Trinajstić information content (AvgIpc) is 2.59. The Bertz CT molecular complexity index is 935. The highest BCUT2D eigenvalue weighted by Gasteiger charge is 2.17. The predicted molar refractivity (Wildman–Crippen MR) is 92.1 cm³/mol. The van der Waals surface area contributed by atoms with E-state index < -0.39 is 28.6 Å². The quantitative estimate of drug-likeness (QED) is 0.151. The Morgan fingerprint density at radius 1 is 1.26 bits per heavy atom. The number of benzene rings is 2. The number of rotatable bonds is 5. The third-order valence-electron chi connectivity index (χ3n) is 2.90. The third kappa shape index (κ3) is 5.71. The van der Waals surface area contributed by atoms with Gasteiger partial charge in [0.1, 0.15) is 10.9 Å². The van der Waals surface area contributed by atoms with Gasteiger partial charge >= 0.3 is 5.97 Å². The van der Waals surface area contributed by atoms with Crippen molar-refractivity contribution in [3.05, 3.63) is 74.3 Å². The molecule has 0 saturated carbocycles. The molecule has 0 amide bonds. The zero-order valence-corrected chi connectivity index (χ0v) is 14.0. The molecule has 0 radical (unpaired) electrons. The monoisotopic (exact) mass is 397 g/mol. The summed E-state index contributed by atoms with van der Waals surface area (Å²) in [4.78, 5) is 22.1. The SMILES string of the molecule is N/C(=N\[N+](=O)[O-])N/N=C/c1ccc(OC(=O)c2cc(F)c(F)cc2Cl)cc1. The molecule has 0 aliphatic heterocycles. The van der Waals surface area contributed by atoms with Crippen LogP contribution in [0.15, 0.2) is 46.6 Å². The van der Waals surface area contributed by atoms with Crippen molar-refractivity contribution >= 4 is 29.7 Å². The molecule has 0 heterocycles. The zero-order valence-electron chi connectivity index (χ0n) is 13.2. The van der Waals surface area contributed by atoms with Crippen LogP contribution in [0.3, 0.4) is 0 Å². The molecular weight excluding hydrogens is 388 g/mol. The van der Waals surface area contributed by atoms with E-state index in [1.807, 2.05) is 0 Å². The van der Waals surface area contributed by atoms with E-state index in [2.05, 4.69) is 15.6 Å². The molecule has 12 heteroatoms. The van der Waals surface area contributed by atoms with Gasteiger partial charge in [0.2, 0.25) is 0 Å². The average molecular weight is 398 g/mol. The predicted octanol–water partition coefficient (Wildman–Crippen LogP) is 2.27. The lowest BCUT2D eigenvalue weighted by atomic mass is 10.2. The molecule has 2 aromatic rings. The van der Waals surface area contributed by atoms with Crippen molar-refractivity contribution in [3.63, 3.8) is 0 Å². The van der Waals surface area contributed by atoms with E-state index in [-0.39, 0.29) is 16.3 Å². The smallest absolute Gasteiger partial charge is 0.345 e. The Morgan fingerprint density at radius 2 is 1.89 bits per heavy atom. The number of esters is 1. The fourth-order valence-corrected chi connectivity index (χ4v) is 1.97. The van der Waals surface area contributed by atoms with Crippen LogP contribution in [0.25, 0.3) is 0 Å². The summed E-state index contributed by atoms with van der Waals surface area (Å²) in [5.41, 5.74) is 7.51. The van der Waals surface area contributed by atoms with Gasteiger partial charge in [-0.15, -0.1) is 0 Å². The number of nitro groups is 1. The maximum atomic E-state index is 13.2. The Balaban J connectivity index is 2.02. The van der Waals surface area contributed by atoms with E-state index in [9.17, 15) is 23.7 Å². The number of hydrogen-bond acceptors (Lipinski definition) is 5. The van der Waals surface area contributed by atoms with Crippen LogP contribution in [0.1, 0.15) is 15.9 Å². The molecule has 9 nitrogen and oxygen atoms in total. The van der Waals surface area contributed by atoms with Gasteiger partial charge in [0.15, 0.2) is 16.7 Å². The van der Waals surface area contributed by atoms with Crippen molar-refractivity contribution in [1.82, 2.24) is 5.43 Å². The van der Waals surface area contributed by atoms with E-state index >= 15 is 0 Å². The standard InChI is InChI=1S/C15H10ClF2N5O4/c16-11-6-13(18)12(17)5-10(11)14(24)27-9-3-1-8(2-4-9)7-20-21-15(19)22-23(25)26/h1-7H,(H3,19,21,22)/b20-7+. The minimum Gasteiger partial charge on any atom is -0.423 e. The maximum absolute atomic E-state index is 13.2. The lowest BCUT2D eigenvalue weighted by molar-refractivity contribution is -0.485. The summed E-state index contributed by atoms with van der Waals surface area (Å²) in [7, 11) is 0. The Kier molecular flexibility index (Phi) is 6.33. The van der Waals surface area contributed by atoms with Crippen LogP contribution >= 0.6 is 11.6 Å². The van der Waals surface area contributed by atoms with Crippen LogP contribution in [0, 0.1) is 21.7 Å². The van der Waals surface area contributed by atoms with Gasteiger partial charge in [-0.25, -0.2) is 29.1 Å². The number of halogens is 3. The van der Waals surface area contributed by atoms with Gasteiger partial charge in [0.05, 0.1) is 16.8 Å². The molecule has 0 aliphatic carbocycles. The van der Waals surface area contributed by atoms with Crippen LogP contribution in [0.5, 0.6) is 5.75 Å². The van der Waals surface area contributed by atoms with Gasteiger partial charge in [-0.3, -0.25) is 0 Å². The van der Waals surface area contributed by atoms with Gasteiger partial charge in [0.25, 0.3) is 5.96 Å². The molecule has 0 aromatic heterocycles. The maximum Gasteiger partial charge on any atom is 0.345 e. The minimum absolute atomic E-state index is 0.111. The summed E-state index contributed by atoms with van der Waals surface area (Å²) >= 11 is 5.71. The molecule has 0 unspecified atom stereocenters. The van der Waals surface area contributed by atoms with Crippen molar-refractivity contribution in [2.24, 2.45) is 15.9 Å². The van der Waals surface area contributed by atoms with Crippen molar-refractivity contribution in [3.8, 4) is 5.75 Å². The summed E-state index contributed by atoms with van der Waals surface area (Å²) in [5, 5.41) is 15.2. The highest BCUT2D eigenvalue weighted by atomic mass is 35.5. The van der Waals surface area contributed by atoms with Gasteiger partial charge in [-0.2, -0.15) is 5.10 Å². The Hall–Kier alpha value is -3.60. The second kappa shape index (κ2) is 8.67. The molecular formula is C15H10ClF2N5O4. The summed E-state index contributed by atoms with van der Waals surface area (Å²) in [6.07, 6.45) is 1.28. The number of ether oxygens (including phenoxy) is 1. The zero-order chi connectivity index (χ0) is 20.0. The summed E-state index contributed by atoms with van der Waals surface area (Å²) < 4.78 is 31.3. The number of hydrogen-bond donors (Lipinski definition) is 2. The first-order valence-corrected chi connectivity index (χ1v) is 7.38. The molecule has 27 heavy (non-hydrogen) atoms. The normalized spacial score (nSPS) is 11.4. The number of hydrazone groups is 2. The van der Waals surface area contributed by atoms with E-state index in [1.165, 1.54) is 30.5 Å². The fourth-order valence-electron chi connectivity index (χ4n) is 1.75. The van der Waals surface area contributed by atoms with Crippen LogP contribution in [-0.4, -0.2) is 23.2 Å². The van der Waals surface area contributed by atoms with Crippen molar-refractivity contribution in [2.75, 3.05) is 0 Å². The number of nitrogens with two attached hydrogens (primary N) is 1. The molecule has 0 spiro atoms. The largest absolute Gasteiger partial charge is 0.423 e. The highest BCUT2D eigenvalue weighted by molar-refractivity contribution is 6.33. The van der Waals surface area contributed by atoms with E-state index in [1.54, 1.807) is 0 Å². The molecule has 0 saturated heterocycles. The van der Waals surface area contributed by atoms with E-state index in [4.69, 9.17) is 22.1 Å². The second-order valence-corrected chi connectivity index (χ2v) is 5.20. The lowest BCUT2D eigenvalue weighted by Gasteiger charge is -2.06. The van der Waals surface area contributed by atoms with Gasteiger partial charge < -0.3 is 10.5 Å². The van der Waals surface area contributed by atoms with Crippen LogP contribution in [0.2, 0.25) is 5.02 Å². The molecule has 0 aliphatic rings. The molecule has 0 fully saturated rings. The number of nitrogens with zero attached hydrogens (tertiary/aromatic N) is 3. The first-order chi connectivity index (χ1) is 12.8. The number of carbonyl (C=O) groups is 1. The molecule has 0 bridgehead atoms. The van der Waals surface area contributed by atoms with E-state index in [0.717, 1.165) is 0 Å². The first kappa shape index (κ1) is 19.7. The summed E-state index contributed by atoms with van der Waals surface area (Å²) in [6, 6.07) is 7.13. The fraction of sp³-hybridized carbons (Fsp3) is 0. The first-order valence-electron chi connectivity index (χ1n) is 7.00. The van der Waals surface area contributed by atoms with Crippen LogP contribution < -0.4 is 15.9 Å². The minimum atomic E-state index is -1.23. The third-order valence-corrected chi connectivity index (χ3v) is 3.22. The number of nitrogens with one attached hydrogen (secondary N) is 1. The van der Waals surface area contributed by atoms with Crippen molar-refractivity contribution < 1.29 is 23.3 Å². The van der Waals surface area contributed by atoms with Gasteiger partial charge in [-0.1, -0.05) is 11.6 Å². The van der Waals surface area contributed by atoms with Crippen LogP contribution in [-0.2, 0) is 0 Å². The Labute approximate surface area is 155 Å². The van der Waals surface area contributed by atoms with Crippen molar-refractivity contribution in [1.29, 1.82) is 0 Å². The summed E-state index contributed by atoms with van der Waals surface area (Å²) in [6.45, 7) is 0. The summed E-state index contributed by atoms with van der Waals surface area (Å²) in [5.74, 6) is -3.78. The second-order valence-electron chi connectivity index (χ2n) is 4.80. The van der Waals surface area contributed by atoms with Crippen LogP contribution in [0.4, 0.5) is 8.78 Å². The lowest BCUT2D eigenvalue weighted by Crippen LogP contribution is -2.28. The number of guanidine groups is 1. The number of carbonyl (C=O) groups excluding carboxylic acids is 1. The van der Waals surface area contributed by atoms with Crippen molar-refractivity contribution in [2.45, 2.75) is 0 Å². The molecule has 140 valence electrons. The van der Waals surface area contributed by atoms with Gasteiger partial charge in [-0.05, 0) is 42.0 Å².